The lowest BCUT2D eigenvalue weighted by molar-refractivity contribution is 0.0253. The van der Waals surface area contributed by atoms with E-state index in [0.29, 0.717) is 5.56 Å². The molecule has 0 fully saturated rings. The highest BCUT2D eigenvalue weighted by Crippen LogP contribution is 2.31. The highest BCUT2D eigenvalue weighted by Gasteiger charge is 2.27. The molecule has 2 aromatic carbocycles. The number of benzene rings is 2. The summed E-state index contributed by atoms with van der Waals surface area (Å²) < 4.78 is 5.59. The Hall–Kier alpha value is -2.09. The van der Waals surface area contributed by atoms with Gasteiger partial charge in [-0.2, -0.15) is 0 Å². The minimum Gasteiger partial charge on any atom is -0.454 e. The van der Waals surface area contributed by atoms with Gasteiger partial charge in [0.05, 0.1) is 5.56 Å². The molecule has 0 bridgehead atoms. The molecule has 2 heteroatoms. The minimum absolute atomic E-state index is 0.133. The molecule has 0 N–H and O–H groups in total. The summed E-state index contributed by atoms with van der Waals surface area (Å²) in [5.41, 5.74) is 4.24. The lowest BCUT2D eigenvalue weighted by Gasteiger charge is -2.26. The van der Waals surface area contributed by atoms with Crippen molar-refractivity contribution in [3.63, 3.8) is 0 Å². The molecule has 21 heavy (non-hydrogen) atoms. The second-order valence-corrected chi connectivity index (χ2v) is 6.63. The summed E-state index contributed by atoms with van der Waals surface area (Å²) in [5.74, 6) is -0.221. The molecule has 2 nitrogen and oxygen atoms in total. The summed E-state index contributed by atoms with van der Waals surface area (Å²) in [6.45, 7) is 6.58. The van der Waals surface area contributed by atoms with Crippen molar-refractivity contribution in [1.82, 2.24) is 0 Å². The van der Waals surface area contributed by atoms with E-state index in [1.54, 1.807) is 0 Å². The van der Waals surface area contributed by atoms with E-state index in [-0.39, 0.29) is 17.5 Å². The summed E-state index contributed by atoms with van der Waals surface area (Å²) >= 11 is 0. The van der Waals surface area contributed by atoms with E-state index < -0.39 is 0 Å². The molecule has 1 heterocycles. The summed E-state index contributed by atoms with van der Waals surface area (Å²) in [5, 5.41) is 0. The quantitative estimate of drug-likeness (QED) is 0.722. The Morgan fingerprint density at radius 2 is 1.67 bits per heavy atom. The first-order chi connectivity index (χ1) is 9.95. The number of hydrogen-bond donors (Lipinski definition) is 0. The van der Waals surface area contributed by atoms with E-state index in [2.05, 4.69) is 45.0 Å². The number of carbonyl (C=O) groups excluding carboxylic acids is 1. The van der Waals surface area contributed by atoms with Gasteiger partial charge in [-0.15, -0.1) is 0 Å². The Morgan fingerprint density at radius 1 is 1.00 bits per heavy atom. The zero-order valence-electron chi connectivity index (χ0n) is 12.7. The molecule has 1 unspecified atom stereocenters. The maximum Gasteiger partial charge on any atom is 0.339 e. The maximum absolute atomic E-state index is 12.1. The summed E-state index contributed by atoms with van der Waals surface area (Å²) in [7, 11) is 0. The highest BCUT2D eigenvalue weighted by molar-refractivity contribution is 5.92. The molecule has 1 aliphatic heterocycles. The standard InChI is InChI=1S/C19H20O2/c1-19(2,3)15-10-8-13(9-11-15)17-12-14-6-4-5-7-16(14)18(20)21-17/h4-11,17H,12H2,1-3H3. The number of rotatable bonds is 1. The molecular weight excluding hydrogens is 260 g/mol. The molecule has 1 aliphatic rings. The number of hydrogen-bond acceptors (Lipinski definition) is 2. The number of cyclic esters (lactones) is 1. The smallest absolute Gasteiger partial charge is 0.339 e. The van der Waals surface area contributed by atoms with Crippen molar-refractivity contribution in [1.29, 1.82) is 0 Å². The predicted molar refractivity (Wildman–Crippen MR) is 83.4 cm³/mol. The van der Waals surface area contributed by atoms with Crippen LogP contribution < -0.4 is 0 Å². The lowest BCUT2D eigenvalue weighted by Crippen LogP contribution is -2.21. The SMILES string of the molecule is CC(C)(C)c1ccc(C2Cc3ccccc3C(=O)O2)cc1. The van der Waals surface area contributed by atoms with Crippen LogP contribution in [0.5, 0.6) is 0 Å². The molecule has 0 radical (unpaired) electrons. The van der Waals surface area contributed by atoms with Gasteiger partial charge in [-0.1, -0.05) is 63.2 Å². The van der Waals surface area contributed by atoms with Gasteiger partial charge in [-0.25, -0.2) is 4.79 Å². The van der Waals surface area contributed by atoms with Gasteiger partial charge >= 0.3 is 5.97 Å². The van der Waals surface area contributed by atoms with Crippen molar-refractivity contribution < 1.29 is 9.53 Å². The summed E-state index contributed by atoms with van der Waals surface area (Å²) in [6.07, 6.45) is 0.568. The fraction of sp³-hybridized carbons (Fsp3) is 0.316. The second kappa shape index (κ2) is 5.03. The number of carbonyl (C=O) groups is 1. The van der Waals surface area contributed by atoms with Gasteiger partial charge in [-0.3, -0.25) is 0 Å². The van der Waals surface area contributed by atoms with Crippen molar-refractivity contribution >= 4 is 5.97 Å². The van der Waals surface area contributed by atoms with Gasteiger partial charge in [0, 0.05) is 6.42 Å². The van der Waals surface area contributed by atoms with E-state index in [1.807, 2.05) is 24.3 Å². The summed E-state index contributed by atoms with van der Waals surface area (Å²) in [4.78, 5) is 12.1. The van der Waals surface area contributed by atoms with Crippen molar-refractivity contribution in [3.8, 4) is 0 Å². The van der Waals surface area contributed by atoms with Gasteiger partial charge < -0.3 is 4.74 Å². The van der Waals surface area contributed by atoms with Crippen LogP contribution in [-0.2, 0) is 16.6 Å². The maximum atomic E-state index is 12.1. The van der Waals surface area contributed by atoms with E-state index >= 15 is 0 Å². The van der Waals surface area contributed by atoms with Crippen LogP contribution in [-0.4, -0.2) is 5.97 Å². The largest absolute Gasteiger partial charge is 0.454 e. The molecule has 0 spiro atoms. The number of fused-ring (bicyclic) bond motifs is 1. The number of ether oxygens (including phenoxy) is 1. The number of esters is 1. The first-order valence-corrected chi connectivity index (χ1v) is 7.34. The third-order valence-electron chi connectivity index (χ3n) is 4.04. The Morgan fingerprint density at radius 3 is 2.33 bits per heavy atom. The molecule has 2 aromatic rings. The first kappa shape index (κ1) is 13.9. The molecule has 1 atom stereocenters. The van der Waals surface area contributed by atoms with Crippen LogP contribution in [0.2, 0.25) is 0 Å². The normalized spacial score (nSPS) is 18.0. The molecule has 0 aliphatic carbocycles. The zero-order valence-corrected chi connectivity index (χ0v) is 12.7. The molecule has 108 valence electrons. The van der Waals surface area contributed by atoms with Crippen LogP contribution in [0.25, 0.3) is 0 Å². The molecule has 0 amide bonds. The topological polar surface area (TPSA) is 26.3 Å². The average Bonchev–Trinajstić information content (AvgIpc) is 2.46. The van der Waals surface area contributed by atoms with Gasteiger partial charge in [-0.05, 0) is 28.2 Å². The van der Waals surface area contributed by atoms with E-state index in [1.165, 1.54) is 5.56 Å². The van der Waals surface area contributed by atoms with Crippen LogP contribution >= 0.6 is 0 Å². The third-order valence-corrected chi connectivity index (χ3v) is 4.04. The van der Waals surface area contributed by atoms with Crippen molar-refractivity contribution in [3.05, 3.63) is 70.8 Å². The Kier molecular flexibility index (Phi) is 3.32. The molecular formula is C19H20O2. The fourth-order valence-corrected chi connectivity index (χ4v) is 2.72. The van der Waals surface area contributed by atoms with Gasteiger partial charge in [0.15, 0.2) is 0 Å². The monoisotopic (exact) mass is 280 g/mol. The van der Waals surface area contributed by atoms with E-state index in [9.17, 15) is 4.79 Å². The molecule has 0 saturated heterocycles. The highest BCUT2D eigenvalue weighted by atomic mass is 16.5. The van der Waals surface area contributed by atoms with Gasteiger partial charge in [0.25, 0.3) is 0 Å². The Labute approximate surface area is 125 Å². The van der Waals surface area contributed by atoms with Gasteiger partial charge in [0.2, 0.25) is 0 Å². The fourth-order valence-electron chi connectivity index (χ4n) is 2.72. The summed E-state index contributed by atoms with van der Waals surface area (Å²) in [6, 6.07) is 16.1. The van der Waals surface area contributed by atoms with Crippen molar-refractivity contribution in [2.45, 2.75) is 38.7 Å². The van der Waals surface area contributed by atoms with Crippen LogP contribution in [0.15, 0.2) is 48.5 Å². The van der Waals surface area contributed by atoms with E-state index in [4.69, 9.17) is 4.74 Å². The third kappa shape index (κ3) is 2.71. The van der Waals surface area contributed by atoms with Crippen LogP contribution in [0.1, 0.15) is 53.9 Å². The first-order valence-electron chi connectivity index (χ1n) is 7.34. The second-order valence-electron chi connectivity index (χ2n) is 6.63. The van der Waals surface area contributed by atoms with Crippen molar-refractivity contribution in [2.75, 3.05) is 0 Å². The molecule has 0 aromatic heterocycles. The molecule has 3 rings (SSSR count). The van der Waals surface area contributed by atoms with E-state index in [0.717, 1.165) is 17.5 Å². The Balaban J connectivity index is 1.88. The Bertz CT molecular complexity index is 663. The molecule has 0 saturated carbocycles. The van der Waals surface area contributed by atoms with Crippen molar-refractivity contribution in [2.24, 2.45) is 0 Å². The zero-order chi connectivity index (χ0) is 15.0. The minimum atomic E-state index is -0.221. The van der Waals surface area contributed by atoms with Crippen LogP contribution in [0, 0.1) is 0 Å². The average molecular weight is 280 g/mol. The lowest BCUT2D eigenvalue weighted by atomic mass is 9.86. The van der Waals surface area contributed by atoms with Crippen LogP contribution in [0.4, 0.5) is 0 Å². The predicted octanol–water partition coefficient (Wildman–Crippen LogP) is 4.44. The van der Waals surface area contributed by atoms with Gasteiger partial charge in [0.1, 0.15) is 6.10 Å². The van der Waals surface area contributed by atoms with Crippen LogP contribution in [0.3, 0.4) is 0 Å².